The van der Waals surface area contributed by atoms with Gasteiger partial charge in [0.05, 0.1) is 5.02 Å². The third-order valence-electron chi connectivity index (χ3n) is 2.58. The van der Waals surface area contributed by atoms with Crippen LogP contribution in [0.5, 0.6) is 0 Å². The van der Waals surface area contributed by atoms with Gasteiger partial charge in [-0.15, -0.1) is 0 Å². The molecule has 16 heavy (non-hydrogen) atoms. The summed E-state index contributed by atoms with van der Waals surface area (Å²) in [6.07, 6.45) is 1.86. The van der Waals surface area contributed by atoms with Crippen LogP contribution < -0.4 is 5.73 Å². The van der Waals surface area contributed by atoms with Gasteiger partial charge < -0.3 is 5.73 Å². The highest BCUT2D eigenvalue weighted by Crippen LogP contribution is 2.27. The maximum Gasteiger partial charge on any atom is 0.142 e. The topological polar surface area (TPSA) is 26.0 Å². The van der Waals surface area contributed by atoms with Crippen LogP contribution >= 0.6 is 11.6 Å². The van der Waals surface area contributed by atoms with Gasteiger partial charge in [0.15, 0.2) is 0 Å². The molecule has 0 bridgehead atoms. The Bertz CT molecular complexity index is 357. The van der Waals surface area contributed by atoms with Crippen molar-refractivity contribution in [2.24, 2.45) is 11.1 Å². The van der Waals surface area contributed by atoms with Crippen LogP contribution in [0.2, 0.25) is 5.02 Å². The zero-order valence-electron chi connectivity index (χ0n) is 10.1. The summed E-state index contributed by atoms with van der Waals surface area (Å²) in [7, 11) is 0. The molecule has 1 nitrogen and oxygen atoms in total. The van der Waals surface area contributed by atoms with E-state index in [0.29, 0.717) is 0 Å². The van der Waals surface area contributed by atoms with E-state index in [-0.39, 0.29) is 16.5 Å². The van der Waals surface area contributed by atoms with Crippen LogP contribution in [0.15, 0.2) is 18.2 Å². The first kappa shape index (κ1) is 13.5. The molecule has 0 amide bonds. The van der Waals surface area contributed by atoms with Gasteiger partial charge in [-0.3, -0.25) is 0 Å². The molecule has 0 spiro atoms. The van der Waals surface area contributed by atoms with Gasteiger partial charge in [-0.1, -0.05) is 38.4 Å². The Labute approximate surface area is 102 Å². The number of halogens is 2. The minimum atomic E-state index is -0.398. The van der Waals surface area contributed by atoms with Gasteiger partial charge in [0.2, 0.25) is 0 Å². The van der Waals surface area contributed by atoms with Crippen LogP contribution in [0.25, 0.3) is 0 Å². The fourth-order valence-electron chi connectivity index (χ4n) is 1.50. The van der Waals surface area contributed by atoms with Crippen molar-refractivity contribution in [3.05, 3.63) is 34.6 Å². The Morgan fingerprint density at radius 3 is 2.50 bits per heavy atom. The van der Waals surface area contributed by atoms with Crippen LogP contribution in [-0.2, 0) is 0 Å². The largest absolute Gasteiger partial charge is 0.324 e. The molecular weight excluding hydrogens is 225 g/mol. The molecule has 0 fully saturated rings. The zero-order chi connectivity index (χ0) is 12.3. The first-order valence-corrected chi connectivity index (χ1v) is 5.88. The average Bonchev–Trinajstić information content (AvgIpc) is 2.17. The van der Waals surface area contributed by atoms with Crippen molar-refractivity contribution in [1.29, 1.82) is 0 Å². The molecule has 90 valence electrons. The highest BCUT2D eigenvalue weighted by atomic mass is 35.5. The fourth-order valence-corrected chi connectivity index (χ4v) is 1.62. The minimum Gasteiger partial charge on any atom is -0.324 e. The van der Waals surface area contributed by atoms with Crippen LogP contribution in [0, 0.1) is 11.2 Å². The summed E-state index contributed by atoms with van der Waals surface area (Å²) < 4.78 is 13.2. The van der Waals surface area contributed by atoms with Gasteiger partial charge in [-0.05, 0) is 36.0 Å². The Kier molecular flexibility index (Phi) is 4.34. The van der Waals surface area contributed by atoms with Crippen LogP contribution in [0.3, 0.4) is 0 Å². The predicted octanol–water partition coefficient (Wildman–Crippen LogP) is 4.31. The van der Waals surface area contributed by atoms with Gasteiger partial charge in [0, 0.05) is 6.04 Å². The lowest BCUT2D eigenvalue weighted by molar-refractivity contribution is 0.349. The van der Waals surface area contributed by atoms with Gasteiger partial charge in [-0.2, -0.15) is 0 Å². The third-order valence-corrected chi connectivity index (χ3v) is 2.88. The van der Waals surface area contributed by atoms with Crippen LogP contribution in [0.1, 0.15) is 45.2 Å². The van der Waals surface area contributed by atoms with Crippen molar-refractivity contribution in [2.45, 2.75) is 39.7 Å². The van der Waals surface area contributed by atoms with Gasteiger partial charge in [0.1, 0.15) is 5.82 Å². The summed E-state index contributed by atoms with van der Waals surface area (Å²) in [5, 5.41) is 0.145. The SMILES string of the molecule is CC(C)(C)CCC(N)c1ccc(Cl)c(F)c1. The summed E-state index contributed by atoms with van der Waals surface area (Å²) in [6, 6.07) is 4.66. The molecule has 0 radical (unpaired) electrons. The van der Waals surface area contributed by atoms with E-state index < -0.39 is 5.82 Å². The molecule has 0 saturated heterocycles. The third kappa shape index (κ3) is 4.11. The van der Waals surface area contributed by atoms with Crippen molar-refractivity contribution in [3.63, 3.8) is 0 Å². The molecule has 0 saturated carbocycles. The quantitative estimate of drug-likeness (QED) is 0.841. The van der Waals surface area contributed by atoms with Crippen molar-refractivity contribution < 1.29 is 4.39 Å². The van der Waals surface area contributed by atoms with Gasteiger partial charge in [-0.25, -0.2) is 4.39 Å². The normalized spacial score (nSPS) is 13.9. The van der Waals surface area contributed by atoms with Crippen molar-refractivity contribution in [3.8, 4) is 0 Å². The maximum absolute atomic E-state index is 13.2. The van der Waals surface area contributed by atoms with Crippen LogP contribution in [0.4, 0.5) is 4.39 Å². The number of nitrogens with two attached hydrogens (primary N) is 1. The van der Waals surface area contributed by atoms with Crippen LogP contribution in [-0.4, -0.2) is 0 Å². The minimum absolute atomic E-state index is 0.119. The molecule has 1 atom stereocenters. The average molecular weight is 244 g/mol. The molecule has 0 aliphatic rings. The summed E-state index contributed by atoms with van der Waals surface area (Å²) in [4.78, 5) is 0. The highest BCUT2D eigenvalue weighted by molar-refractivity contribution is 6.30. The van der Waals surface area contributed by atoms with E-state index in [0.717, 1.165) is 18.4 Å². The summed E-state index contributed by atoms with van der Waals surface area (Å²) >= 11 is 5.62. The summed E-state index contributed by atoms with van der Waals surface area (Å²) in [5.41, 5.74) is 7.08. The van der Waals surface area contributed by atoms with E-state index in [2.05, 4.69) is 20.8 Å². The maximum atomic E-state index is 13.2. The molecule has 0 heterocycles. The van der Waals surface area contributed by atoms with E-state index in [9.17, 15) is 4.39 Å². The lowest BCUT2D eigenvalue weighted by Gasteiger charge is -2.21. The highest BCUT2D eigenvalue weighted by Gasteiger charge is 2.14. The molecule has 1 rings (SSSR count). The molecular formula is C13H19ClFN. The van der Waals surface area contributed by atoms with E-state index in [1.54, 1.807) is 12.1 Å². The fraction of sp³-hybridized carbons (Fsp3) is 0.538. The molecule has 0 aliphatic carbocycles. The molecule has 3 heteroatoms. The predicted molar refractivity (Wildman–Crippen MR) is 67.0 cm³/mol. The first-order chi connectivity index (χ1) is 7.29. The summed E-state index contributed by atoms with van der Waals surface area (Å²) in [6.45, 7) is 6.51. The number of benzene rings is 1. The number of hydrogen-bond acceptors (Lipinski definition) is 1. The molecule has 2 N–H and O–H groups in total. The molecule has 0 aliphatic heterocycles. The monoisotopic (exact) mass is 243 g/mol. The second-order valence-electron chi connectivity index (χ2n) is 5.38. The lowest BCUT2D eigenvalue weighted by Crippen LogP contribution is -2.14. The lowest BCUT2D eigenvalue weighted by atomic mass is 9.87. The molecule has 1 aromatic carbocycles. The smallest absolute Gasteiger partial charge is 0.142 e. The number of rotatable bonds is 3. The summed E-state index contributed by atoms with van der Waals surface area (Å²) in [5.74, 6) is -0.398. The first-order valence-electron chi connectivity index (χ1n) is 5.50. The zero-order valence-corrected chi connectivity index (χ0v) is 10.8. The Balaban J connectivity index is 2.66. The van der Waals surface area contributed by atoms with Gasteiger partial charge >= 0.3 is 0 Å². The van der Waals surface area contributed by atoms with E-state index in [4.69, 9.17) is 17.3 Å². The standard InChI is InChI=1S/C13H19ClFN/c1-13(2,3)7-6-12(16)9-4-5-10(14)11(15)8-9/h4-5,8,12H,6-7,16H2,1-3H3. The van der Waals surface area contributed by atoms with E-state index in [1.807, 2.05) is 0 Å². The number of hydrogen-bond donors (Lipinski definition) is 1. The Morgan fingerprint density at radius 2 is 2.00 bits per heavy atom. The Morgan fingerprint density at radius 1 is 1.38 bits per heavy atom. The second-order valence-corrected chi connectivity index (χ2v) is 5.79. The van der Waals surface area contributed by atoms with Gasteiger partial charge in [0.25, 0.3) is 0 Å². The van der Waals surface area contributed by atoms with Crippen molar-refractivity contribution in [1.82, 2.24) is 0 Å². The Hall–Kier alpha value is -0.600. The molecule has 1 aromatic rings. The van der Waals surface area contributed by atoms with Crippen molar-refractivity contribution >= 4 is 11.6 Å². The van der Waals surface area contributed by atoms with E-state index in [1.165, 1.54) is 6.07 Å². The van der Waals surface area contributed by atoms with Crippen molar-refractivity contribution in [2.75, 3.05) is 0 Å². The molecule has 1 unspecified atom stereocenters. The van der Waals surface area contributed by atoms with E-state index >= 15 is 0 Å². The second kappa shape index (κ2) is 5.15. The molecule has 0 aromatic heterocycles.